The first kappa shape index (κ1) is 17.2. The highest BCUT2D eigenvalue weighted by Crippen LogP contribution is 2.23. The van der Waals surface area contributed by atoms with Crippen LogP contribution in [0.5, 0.6) is 11.5 Å². The second-order valence-electron chi connectivity index (χ2n) is 5.62. The predicted molar refractivity (Wildman–Crippen MR) is 98.4 cm³/mol. The molecule has 5 nitrogen and oxygen atoms in total. The van der Waals surface area contributed by atoms with E-state index in [1.807, 2.05) is 25.1 Å². The third-order valence-corrected chi connectivity index (χ3v) is 3.80. The Bertz CT molecular complexity index is 951. The Morgan fingerprint density at radius 3 is 1.96 bits per heavy atom. The van der Waals surface area contributed by atoms with E-state index in [0.717, 1.165) is 5.56 Å². The Hall–Kier alpha value is -3.60. The van der Waals surface area contributed by atoms with E-state index in [0.29, 0.717) is 11.5 Å². The molecule has 0 aliphatic rings. The van der Waals surface area contributed by atoms with Crippen LogP contribution in [0.15, 0.2) is 72.8 Å². The lowest BCUT2D eigenvalue weighted by Crippen LogP contribution is -2.17. The van der Waals surface area contributed by atoms with Crippen molar-refractivity contribution in [1.82, 2.24) is 0 Å². The summed E-state index contributed by atoms with van der Waals surface area (Å²) in [5, 5.41) is 0. The molecule has 0 radical (unpaired) electrons. The van der Waals surface area contributed by atoms with Gasteiger partial charge in [-0.3, -0.25) is 0 Å². The number of aryl methyl sites for hydroxylation is 1. The first-order valence-electron chi connectivity index (χ1n) is 8.00. The van der Waals surface area contributed by atoms with E-state index in [-0.39, 0.29) is 16.8 Å². The van der Waals surface area contributed by atoms with Crippen molar-refractivity contribution < 1.29 is 19.1 Å². The Morgan fingerprint density at radius 1 is 0.731 bits per heavy atom. The number of nitrogen functional groups attached to an aromatic ring is 1. The van der Waals surface area contributed by atoms with Crippen LogP contribution >= 0.6 is 0 Å². The maximum Gasteiger partial charge on any atom is 0.345 e. The SMILES string of the molecule is Cc1ccccc1OC(=O)c1cccc(C(=O)Oc2ccccc2)c1N. The highest BCUT2D eigenvalue weighted by Gasteiger charge is 2.20. The van der Waals surface area contributed by atoms with Gasteiger partial charge in [-0.1, -0.05) is 42.5 Å². The summed E-state index contributed by atoms with van der Waals surface area (Å²) in [5.41, 5.74) is 7.08. The topological polar surface area (TPSA) is 78.6 Å². The fourth-order valence-electron chi connectivity index (χ4n) is 2.40. The number of esters is 2. The number of para-hydroxylation sites is 3. The van der Waals surface area contributed by atoms with Crippen molar-refractivity contribution in [3.8, 4) is 11.5 Å². The maximum absolute atomic E-state index is 12.5. The summed E-state index contributed by atoms with van der Waals surface area (Å²) >= 11 is 0. The van der Waals surface area contributed by atoms with E-state index >= 15 is 0 Å². The van der Waals surface area contributed by atoms with Crippen molar-refractivity contribution in [1.29, 1.82) is 0 Å². The molecule has 3 aromatic rings. The summed E-state index contributed by atoms with van der Waals surface area (Å²) in [5.74, 6) is -0.440. The van der Waals surface area contributed by atoms with Crippen molar-refractivity contribution in [3.05, 3.63) is 89.5 Å². The average Bonchev–Trinajstić information content (AvgIpc) is 2.64. The molecule has 0 saturated carbocycles. The molecule has 3 aromatic carbocycles. The molecule has 0 saturated heterocycles. The minimum atomic E-state index is -0.640. The zero-order chi connectivity index (χ0) is 18.5. The van der Waals surface area contributed by atoms with Crippen molar-refractivity contribution in [2.24, 2.45) is 0 Å². The second kappa shape index (κ2) is 7.53. The number of rotatable bonds is 4. The summed E-state index contributed by atoms with van der Waals surface area (Å²) in [4.78, 5) is 24.8. The summed E-state index contributed by atoms with van der Waals surface area (Å²) in [6, 6.07) is 20.4. The van der Waals surface area contributed by atoms with Gasteiger partial charge in [0.1, 0.15) is 11.5 Å². The number of ether oxygens (including phenoxy) is 2. The van der Waals surface area contributed by atoms with Gasteiger partial charge in [0.25, 0.3) is 0 Å². The third-order valence-electron chi connectivity index (χ3n) is 3.80. The van der Waals surface area contributed by atoms with Gasteiger partial charge in [0.05, 0.1) is 16.8 Å². The summed E-state index contributed by atoms with van der Waals surface area (Å²) in [7, 11) is 0. The van der Waals surface area contributed by atoms with Gasteiger partial charge in [0.15, 0.2) is 0 Å². The number of benzene rings is 3. The van der Waals surface area contributed by atoms with Crippen LogP contribution < -0.4 is 15.2 Å². The van der Waals surface area contributed by atoms with E-state index in [2.05, 4.69) is 0 Å². The molecule has 0 atom stereocenters. The number of nitrogens with two attached hydrogens (primary N) is 1. The Balaban J connectivity index is 1.84. The highest BCUT2D eigenvalue weighted by atomic mass is 16.5. The molecule has 2 N–H and O–H groups in total. The number of hydrogen-bond donors (Lipinski definition) is 1. The van der Waals surface area contributed by atoms with Crippen molar-refractivity contribution in [2.75, 3.05) is 5.73 Å². The van der Waals surface area contributed by atoms with Crippen LogP contribution in [0.4, 0.5) is 5.69 Å². The standard InChI is InChI=1S/C21H17NO4/c1-14-8-5-6-13-18(14)26-21(24)17-12-7-11-16(19(17)22)20(23)25-15-9-3-2-4-10-15/h2-13H,22H2,1H3. The van der Waals surface area contributed by atoms with Crippen LogP contribution in [-0.4, -0.2) is 11.9 Å². The molecule has 0 aliphatic heterocycles. The first-order valence-corrected chi connectivity index (χ1v) is 8.00. The van der Waals surface area contributed by atoms with Crippen LogP contribution in [0.2, 0.25) is 0 Å². The van der Waals surface area contributed by atoms with Crippen molar-refractivity contribution in [2.45, 2.75) is 6.92 Å². The Morgan fingerprint density at radius 2 is 1.31 bits per heavy atom. The fraction of sp³-hybridized carbons (Fsp3) is 0.0476. The third kappa shape index (κ3) is 3.72. The van der Waals surface area contributed by atoms with Crippen molar-refractivity contribution in [3.63, 3.8) is 0 Å². The van der Waals surface area contributed by atoms with Crippen LogP contribution in [0.1, 0.15) is 26.3 Å². The van der Waals surface area contributed by atoms with E-state index in [4.69, 9.17) is 15.2 Å². The first-order chi connectivity index (χ1) is 12.6. The Labute approximate surface area is 151 Å². The van der Waals surface area contributed by atoms with Gasteiger partial charge < -0.3 is 15.2 Å². The zero-order valence-corrected chi connectivity index (χ0v) is 14.1. The largest absolute Gasteiger partial charge is 0.423 e. The van der Waals surface area contributed by atoms with Gasteiger partial charge in [-0.2, -0.15) is 0 Å². The molecule has 0 fully saturated rings. The zero-order valence-electron chi connectivity index (χ0n) is 14.1. The smallest absolute Gasteiger partial charge is 0.345 e. The molecule has 0 unspecified atom stereocenters. The van der Waals surface area contributed by atoms with E-state index in [1.54, 1.807) is 42.5 Å². The van der Waals surface area contributed by atoms with Gasteiger partial charge in [0, 0.05) is 0 Å². The summed E-state index contributed by atoms with van der Waals surface area (Å²) in [6.45, 7) is 1.83. The van der Waals surface area contributed by atoms with Crippen LogP contribution in [0.3, 0.4) is 0 Å². The predicted octanol–water partition coefficient (Wildman–Crippen LogP) is 4.02. The number of hydrogen-bond acceptors (Lipinski definition) is 5. The van der Waals surface area contributed by atoms with Gasteiger partial charge in [-0.05, 0) is 42.8 Å². The number of carbonyl (C=O) groups excluding carboxylic acids is 2. The molecule has 0 bridgehead atoms. The van der Waals surface area contributed by atoms with E-state index in [1.165, 1.54) is 12.1 Å². The molecule has 3 rings (SSSR count). The van der Waals surface area contributed by atoms with E-state index < -0.39 is 11.9 Å². The van der Waals surface area contributed by atoms with Crippen LogP contribution in [0, 0.1) is 6.92 Å². The lowest BCUT2D eigenvalue weighted by Gasteiger charge is -2.11. The molecule has 0 amide bonds. The minimum Gasteiger partial charge on any atom is -0.423 e. The number of carbonyl (C=O) groups is 2. The van der Waals surface area contributed by atoms with Gasteiger partial charge in [-0.25, -0.2) is 9.59 Å². The highest BCUT2D eigenvalue weighted by molar-refractivity contribution is 6.04. The van der Waals surface area contributed by atoms with Gasteiger partial charge in [0.2, 0.25) is 0 Å². The minimum absolute atomic E-state index is 0.0204. The molecule has 0 aromatic heterocycles. The lowest BCUT2D eigenvalue weighted by molar-refractivity contribution is 0.0734. The van der Waals surface area contributed by atoms with Crippen LogP contribution in [0.25, 0.3) is 0 Å². The van der Waals surface area contributed by atoms with Crippen molar-refractivity contribution >= 4 is 17.6 Å². The monoisotopic (exact) mass is 347 g/mol. The van der Waals surface area contributed by atoms with Gasteiger partial charge >= 0.3 is 11.9 Å². The average molecular weight is 347 g/mol. The lowest BCUT2D eigenvalue weighted by atomic mass is 10.1. The fourth-order valence-corrected chi connectivity index (χ4v) is 2.40. The molecule has 0 aliphatic carbocycles. The van der Waals surface area contributed by atoms with E-state index in [9.17, 15) is 9.59 Å². The molecular formula is C21H17NO4. The van der Waals surface area contributed by atoms with Gasteiger partial charge in [-0.15, -0.1) is 0 Å². The normalized spacial score (nSPS) is 10.2. The molecule has 5 heteroatoms. The van der Waals surface area contributed by atoms with Crippen LogP contribution in [-0.2, 0) is 0 Å². The molecule has 0 spiro atoms. The summed E-state index contributed by atoms with van der Waals surface area (Å²) < 4.78 is 10.7. The number of anilines is 1. The quantitative estimate of drug-likeness (QED) is 0.438. The molecular weight excluding hydrogens is 330 g/mol. The summed E-state index contributed by atoms with van der Waals surface area (Å²) in [6.07, 6.45) is 0. The molecule has 130 valence electrons. The second-order valence-corrected chi connectivity index (χ2v) is 5.62. The Kier molecular flexibility index (Phi) is 4.99. The molecule has 26 heavy (non-hydrogen) atoms. The maximum atomic E-state index is 12.5. The molecule has 0 heterocycles.